The zero-order valence-electron chi connectivity index (χ0n) is 28.9. The number of thioether (sulfide) groups is 1. The number of ether oxygens (including phenoxy) is 2. The van der Waals surface area contributed by atoms with E-state index < -0.39 is 65.9 Å². The molecule has 278 valence electrons. The molecule has 2 atom stereocenters. The van der Waals surface area contributed by atoms with Crippen molar-refractivity contribution in [3.05, 3.63) is 119 Å². The lowest BCUT2D eigenvalue weighted by Gasteiger charge is -2.25. The molecule has 0 saturated heterocycles. The predicted octanol–water partition coefficient (Wildman–Crippen LogP) is 5.21. The van der Waals surface area contributed by atoms with Gasteiger partial charge < -0.3 is 30.7 Å². The predicted molar refractivity (Wildman–Crippen MR) is 199 cm³/mol. The first-order chi connectivity index (χ1) is 26.0. The molecular formula is C40H37N3O10S. The fourth-order valence-corrected chi connectivity index (χ4v) is 7.54. The number of fused-ring (bicyclic) bond motifs is 6. The molecule has 54 heavy (non-hydrogen) atoms. The smallest absolute Gasteiger partial charge is 0.417 e. The molecule has 2 aliphatic carbocycles. The summed E-state index contributed by atoms with van der Waals surface area (Å²) in [5.41, 5.74) is 13.3. The molecule has 4 aromatic carbocycles. The summed E-state index contributed by atoms with van der Waals surface area (Å²) < 4.78 is 11.2. The number of amides is 3. The quantitative estimate of drug-likeness (QED) is 0.123. The number of benzene rings is 4. The van der Waals surface area contributed by atoms with E-state index in [2.05, 4.69) is 5.32 Å². The number of imide groups is 1. The number of hydrogen-bond acceptors (Lipinski definition) is 10. The van der Waals surface area contributed by atoms with Crippen molar-refractivity contribution in [2.24, 2.45) is 5.73 Å². The number of carboxylic acid groups (broad SMARTS) is 2. The van der Waals surface area contributed by atoms with Crippen molar-refractivity contribution in [1.82, 2.24) is 10.2 Å². The average molecular weight is 752 g/mol. The number of nitrogens with zero attached hydrogens (tertiary/aromatic N) is 1. The van der Waals surface area contributed by atoms with Gasteiger partial charge in [-0.1, -0.05) is 97.1 Å². The number of carbonyl (C=O) groups is 6. The standard InChI is InChI=1S/C40H37N3O10S/c41-33(38(48)49)17-18-35(44)42-34(22-54-40(51)53-21-32-29-15-7-3-11-25(29)26-12-4-8-16-30(26)32)37(47)43(19-36(45)46)39(50)52-20-31-27-13-5-1-9-23(27)24-10-2-6-14-28(24)31/h1-16,31-34H,17-22,41H2,(H,42,44)(H,45,46)(H,48,49). The third-order valence-corrected chi connectivity index (χ3v) is 10.3. The highest BCUT2D eigenvalue weighted by Crippen LogP contribution is 2.45. The van der Waals surface area contributed by atoms with E-state index in [0.717, 1.165) is 44.5 Å². The van der Waals surface area contributed by atoms with Gasteiger partial charge in [-0.2, -0.15) is 0 Å². The highest BCUT2D eigenvalue weighted by molar-refractivity contribution is 8.13. The van der Waals surface area contributed by atoms with Gasteiger partial charge in [0.2, 0.25) is 5.91 Å². The van der Waals surface area contributed by atoms with Crippen LogP contribution in [-0.4, -0.2) is 87.9 Å². The molecule has 0 aliphatic heterocycles. The lowest BCUT2D eigenvalue weighted by Crippen LogP contribution is -2.53. The van der Waals surface area contributed by atoms with Crippen LogP contribution in [0.2, 0.25) is 0 Å². The largest absolute Gasteiger partial charge is 0.480 e. The van der Waals surface area contributed by atoms with E-state index >= 15 is 0 Å². The summed E-state index contributed by atoms with van der Waals surface area (Å²) in [6, 6.07) is 27.8. The monoisotopic (exact) mass is 751 g/mol. The van der Waals surface area contributed by atoms with Gasteiger partial charge >= 0.3 is 23.3 Å². The molecule has 2 unspecified atom stereocenters. The number of nitrogens with two attached hydrogens (primary N) is 1. The Kier molecular flexibility index (Phi) is 11.7. The maximum Gasteiger partial charge on any atom is 0.417 e. The third-order valence-electron chi connectivity index (χ3n) is 9.45. The van der Waals surface area contributed by atoms with Gasteiger partial charge in [0.05, 0.1) is 0 Å². The fraction of sp³-hybridized carbons (Fsp3) is 0.250. The normalized spacial score (nSPS) is 13.7. The van der Waals surface area contributed by atoms with Crippen LogP contribution >= 0.6 is 11.8 Å². The molecule has 14 heteroatoms. The molecule has 2 aliphatic rings. The van der Waals surface area contributed by atoms with Crippen LogP contribution in [0.3, 0.4) is 0 Å². The topological polar surface area (TPSA) is 203 Å². The summed E-state index contributed by atoms with van der Waals surface area (Å²) in [4.78, 5) is 76.9. The van der Waals surface area contributed by atoms with Gasteiger partial charge in [-0.05, 0) is 62.7 Å². The van der Waals surface area contributed by atoms with E-state index in [0.29, 0.717) is 16.7 Å². The van der Waals surface area contributed by atoms with E-state index in [-0.39, 0.29) is 31.5 Å². The van der Waals surface area contributed by atoms with Crippen LogP contribution < -0.4 is 11.1 Å². The number of carboxylic acids is 2. The van der Waals surface area contributed by atoms with Crippen LogP contribution in [0.25, 0.3) is 22.3 Å². The number of nitrogens with one attached hydrogen (secondary N) is 1. The molecule has 13 nitrogen and oxygen atoms in total. The van der Waals surface area contributed by atoms with E-state index in [1.54, 1.807) is 0 Å². The summed E-state index contributed by atoms with van der Waals surface area (Å²) in [6.07, 6.45) is -1.94. The van der Waals surface area contributed by atoms with Crippen LogP contribution in [-0.2, 0) is 28.7 Å². The molecular weight excluding hydrogens is 715 g/mol. The van der Waals surface area contributed by atoms with E-state index in [1.807, 2.05) is 97.1 Å². The Bertz CT molecular complexity index is 2010. The van der Waals surface area contributed by atoms with Crippen molar-refractivity contribution in [3.63, 3.8) is 0 Å². The SMILES string of the molecule is NC(CCC(=O)NC(CSC(=O)OCC1c2ccccc2-c2ccccc21)C(=O)N(CC(=O)O)C(=O)OCC1c2ccccc2-c2ccccc21)C(=O)O. The van der Waals surface area contributed by atoms with E-state index in [4.69, 9.17) is 20.3 Å². The molecule has 0 heterocycles. The first kappa shape index (κ1) is 37.8. The van der Waals surface area contributed by atoms with Gasteiger partial charge in [-0.3, -0.25) is 19.2 Å². The van der Waals surface area contributed by atoms with Crippen LogP contribution in [0, 0.1) is 0 Å². The van der Waals surface area contributed by atoms with Crippen molar-refractivity contribution in [2.45, 2.75) is 36.8 Å². The zero-order valence-corrected chi connectivity index (χ0v) is 29.7. The molecule has 0 fully saturated rings. The highest BCUT2D eigenvalue weighted by Gasteiger charge is 2.36. The van der Waals surface area contributed by atoms with Crippen molar-refractivity contribution < 1.29 is 48.5 Å². The first-order valence-electron chi connectivity index (χ1n) is 17.2. The molecule has 0 aromatic heterocycles. The number of hydrogen-bond donors (Lipinski definition) is 4. The number of aliphatic carboxylic acids is 2. The molecule has 0 bridgehead atoms. The molecule has 3 amide bonds. The Labute approximate surface area is 314 Å². The minimum atomic E-state index is -1.61. The maximum atomic E-state index is 13.9. The van der Waals surface area contributed by atoms with Crippen LogP contribution in [0.4, 0.5) is 9.59 Å². The van der Waals surface area contributed by atoms with Gasteiger partial charge in [0.1, 0.15) is 31.8 Å². The lowest BCUT2D eigenvalue weighted by molar-refractivity contribution is -0.144. The summed E-state index contributed by atoms with van der Waals surface area (Å²) in [7, 11) is 0. The van der Waals surface area contributed by atoms with Gasteiger partial charge in [-0.15, -0.1) is 0 Å². The Morgan fingerprint density at radius 3 is 1.59 bits per heavy atom. The lowest BCUT2D eigenvalue weighted by atomic mass is 9.98. The molecule has 6 rings (SSSR count). The second kappa shape index (κ2) is 16.8. The summed E-state index contributed by atoms with van der Waals surface area (Å²) in [5.74, 6) is -5.88. The number of carbonyl (C=O) groups excluding carboxylic acids is 4. The number of rotatable bonds is 14. The molecule has 4 aromatic rings. The van der Waals surface area contributed by atoms with Gasteiger partial charge in [0.25, 0.3) is 5.91 Å². The van der Waals surface area contributed by atoms with Gasteiger partial charge in [0, 0.05) is 24.0 Å². The Hall–Kier alpha value is -5.99. The summed E-state index contributed by atoms with van der Waals surface area (Å²) in [6.45, 7) is -1.32. The van der Waals surface area contributed by atoms with Crippen molar-refractivity contribution in [1.29, 1.82) is 0 Å². The zero-order chi connectivity index (χ0) is 38.4. The van der Waals surface area contributed by atoms with Gasteiger partial charge in [0.15, 0.2) is 0 Å². The second-order valence-corrected chi connectivity index (χ2v) is 13.8. The van der Waals surface area contributed by atoms with E-state index in [9.17, 15) is 33.9 Å². The van der Waals surface area contributed by atoms with Crippen molar-refractivity contribution in [3.8, 4) is 22.3 Å². The first-order valence-corrected chi connectivity index (χ1v) is 18.2. The summed E-state index contributed by atoms with van der Waals surface area (Å²) >= 11 is 0.555. The molecule has 5 N–H and O–H groups in total. The Morgan fingerprint density at radius 1 is 0.704 bits per heavy atom. The Morgan fingerprint density at radius 2 is 1.15 bits per heavy atom. The van der Waals surface area contributed by atoms with Gasteiger partial charge in [-0.25, -0.2) is 14.5 Å². The minimum Gasteiger partial charge on any atom is -0.480 e. The van der Waals surface area contributed by atoms with E-state index in [1.165, 1.54) is 0 Å². The summed E-state index contributed by atoms with van der Waals surface area (Å²) in [5, 5.41) is 20.4. The minimum absolute atomic E-state index is 0.0111. The molecule has 0 spiro atoms. The fourth-order valence-electron chi connectivity index (χ4n) is 6.86. The third kappa shape index (κ3) is 8.29. The molecule has 0 saturated carbocycles. The maximum absolute atomic E-state index is 13.9. The highest BCUT2D eigenvalue weighted by atomic mass is 32.2. The molecule has 0 radical (unpaired) electrons. The van der Waals surface area contributed by atoms with Crippen LogP contribution in [0.1, 0.15) is 46.9 Å². The average Bonchev–Trinajstić information content (AvgIpc) is 3.67. The van der Waals surface area contributed by atoms with Crippen molar-refractivity contribution in [2.75, 3.05) is 25.5 Å². The van der Waals surface area contributed by atoms with Crippen LogP contribution in [0.5, 0.6) is 0 Å². The Balaban J connectivity index is 1.15. The van der Waals surface area contributed by atoms with Crippen molar-refractivity contribution >= 4 is 46.9 Å². The van der Waals surface area contributed by atoms with Crippen LogP contribution in [0.15, 0.2) is 97.1 Å². The second-order valence-electron chi connectivity index (χ2n) is 12.8.